The van der Waals surface area contributed by atoms with Gasteiger partial charge in [-0.25, -0.2) is 18.2 Å². The summed E-state index contributed by atoms with van der Waals surface area (Å²) in [7, 11) is -2.37. The lowest BCUT2D eigenvalue weighted by atomic mass is 9.85. The van der Waals surface area contributed by atoms with Crippen molar-refractivity contribution in [2.75, 3.05) is 26.9 Å². The number of halogens is 1. The summed E-state index contributed by atoms with van der Waals surface area (Å²) < 4.78 is 50.7. The van der Waals surface area contributed by atoms with Crippen LogP contribution in [0.25, 0.3) is 22.0 Å². The zero-order chi connectivity index (χ0) is 39.7. The van der Waals surface area contributed by atoms with Gasteiger partial charge in [-0.3, -0.25) is 23.5 Å². The Morgan fingerprint density at radius 3 is 2.44 bits per heavy atom. The Labute approximate surface area is 322 Å². The molecule has 2 aliphatic carbocycles. The highest BCUT2D eigenvalue weighted by Crippen LogP contribution is 2.46. The number of rotatable bonds is 15. The maximum Gasteiger partial charge on any atom is 0.407 e. The summed E-state index contributed by atoms with van der Waals surface area (Å²) in [6.45, 7) is 8.00. The van der Waals surface area contributed by atoms with Gasteiger partial charge >= 0.3 is 6.09 Å². The molecule has 3 aromatic rings. The van der Waals surface area contributed by atoms with Crippen LogP contribution in [-0.4, -0.2) is 107 Å². The van der Waals surface area contributed by atoms with Crippen molar-refractivity contribution in [3.05, 3.63) is 48.5 Å². The number of nitrogens with one attached hydrogen (secondary N) is 3. The molecule has 4 amide bonds. The minimum absolute atomic E-state index is 0.000250. The standard InChI is InChI=1S/C36H45FN8O8S2/c1-6-22-19-36(22,33(48)43-55(50,51)25-12-13-25)40-30(46)26-18-23(20-44(26)32(47)29(35(2,3)4)39-34(49)53-16-7-14-37)45-41-27(21-8-10-24(52-5)11-9-21)28(42-45)31-38-15-17-54-31/h6,8-11,15,17,22-23,25-26,29H,1,7,12-14,16,18-20H2,2-5H3,(H,39,49)(H,40,46)(H,43,48)/t22?,23-,26+,29-,36?/m1/s1. The highest BCUT2D eigenvalue weighted by Gasteiger charge is 2.62. The predicted octanol–water partition coefficient (Wildman–Crippen LogP) is 3.39. The van der Waals surface area contributed by atoms with Crippen molar-refractivity contribution in [1.82, 2.24) is 40.2 Å². The van der Waals surface area contributed by atoms with Crippen LogP contribution in [0.5, 0.6) is 5.75 Å². The molecule has 0 spiro atoms. The third kappa shape index (κ3) is 8.51. The lowest BCUT2D eigenvalue weighted by Crippen LogP contribution is -2.60. The zero-order valence-corrected chi connectivity index (χ0v) is 32.6. The monoisotopic (exact) mass is 800 g/mol. The summed E-state index contributed by atoms with van der Waals surface area (Å²) in [5, 5.41) is 16.8. The Morgan fingerprint density at radius 2 is 1.85 bits per heavy atom. The third-order valence-corrected chi connectivity index (χ3v) is 12.6. The summed E-state index contributed by atoms with van der Waals surface area (Å²) >= 11 is 1.36. The van der Waals surface area contributed by atoms with E-state index >= 15 is 0 Å². The Morgan fingerprint density at radius 1 is 1.15 bits per heavy atom. The molecule has 2 saturated carbocycles. The van der Waals surface area contributed by atoms with Gasteiger partial charge in [-0.05, 0) is 48.9 Å². The van der Waals surface area contributed by atoms with E-state index in [0.29, 0.717) is 35.0 Å². The van der Waals surface area contributed by atoms with Crippen LogP contribution < -0.4 is 20.1 Å². The third-order valence-electron chi connectivity index (χ3n) is 9.95. The molecule has 16 nitrogen and oxygen atoms in total. The summed E-state index contributed by atoms with van der Waals surface area (Å²) in [5.74, 6) is -2.12. The van der Waals surface area contributed by atoms with E-state index < -0.39 is 80.8 Å². The first-order chi connectivity index (χ1) is 26.1. The highest BCUT2D eigenvalue weighted by molar-refractivity contribution is 7.91. The lowest BCUT2D eigenvalue weighted by molar-refractivity contribution is -0.142. The van der Waals surface area contributed by atoms with Crippen LogP contribution in [0.2, 0.25) is 0 Å². The Balaban J connectivity index is 1.34. The van der Waals surface area contributed by atoms with Gasteiger partial charge in [-0.1, -0.05) is 26.8 Å². The lowest BCUT2D eigenvalue weighted by Gasteiger charge is -2.35. The summed E-state index contributed by atoms with van der Waals surface area (Å²) in [5.41, 5.74) is -0.775. The molecule has 3 heterocycles. The van der Waals surface area contributed by atoms with E-state index in [1.807, 2.05) is 12.1 Å². The quantitative estimate of drug-likeness (QED) is 0.150. The number of ether oxygens (including phenoxy) is 2. The highest BCUT2D eigenvalue weighted by atomic mass is 32.2. The van der Waals surface area contributed by atoms with E-state index in [9.17, 15) is 32.0 Å². The number of hydrogen-bond donors (Lipinski definition) is 3. The molecule has 55 heavy (non-hydrogen) atoms. The fraction of sp³-hybridized carbons (Fsp3) is 0.528. The molecule has 1 saturated heterocycles. The SMILES string of the molecule is C=CC1CC1(NC(=O)[C@@H]1C[C@@H](n2nc(-c3ccc(OC)cc3)c(-c3nccs3)n2)CN1C(=O)[C@@H](NC(=O)OCCCF)C(C)(C)C)C(=O)NS(=O)(=O)C1CC1. The number of thiazole rings is 1. The fourth-order valence-corrected chi connectivity index (χ4v) is 8.58. The predicted molar refractivity (Wildman–Crippen MR) is 200 cm³/mol. The van der Waals surface area contributed by atoms with E-state index in [0.717, 1.165) is 5.56 Å². The molecule has 296 valence electrons. The van der Waals surface area contributed by atoms with Gasteiger partial charge < -0.3 is 25.0 Å². The minimum atomic E-state index is -3.93. The van der Waals surface area contributed by atoms with Crippen LogP contribution >= 0.6 is 11.3 Å². The van der Waals surface area contributed by atoms with Gasteiger partial charge in [0.05, 0.1) is 31.7 Å². The number of amides is 4. The van der Waals surface area contributed by atoms with E-state index in [1.54, 1.807) is 51.6 Å². The zero-order valence-electron chi connectivity index (χ0n) is 31.0. The van der Waals surface area contributed by atoms with Crippen molar-refractivity contribution in [3.63, 3.8) is 0 Å². The Kier molecular flexibility index (Phi) is 11.3. The largest absolute Gasteiger partial charge is 0.497 e. The molecule has 2 unspecified atom stereocenters. The second-order valence-electron chi connectivity index (χ2n) is 15.0. The molecule has 2 aromatic heterocycles. The Hall–Kier alpha value is -4.91. The molecule has 3 N–H and O–H groups in total. The number of carbonyl (C=O) groups excluding carboxylic acids is 4. The normalized spacial score (nSPS) is 22.7. The van der Waals surface area contributed by atoms with Crippen LogP contribution in [0.1, 0.15) is 58.9 Å². The van der Waals surface area contributed by atoms with Crippen LogP contribution in [0.15, 0.2) is 48.5 Å². The number of likely N-dealkylation sites (tertiary alicyclic amines) is 1. The first-order valence-corrected chi connectivity index (χ1v) is 20.4. The van der Waals surface area contributed by atoms with Gasteiger partial charge in [0.25, 0.3) is 5.91 Å². The average Bonchev–Trinajstić information content (AvgIpc) is 3.92. The second-order valence-corrected chi connectivity index (χ2v) is 17.8. The number of aromatic nitrogens is 4. The van der Waals surface area contributed by atoms with Gasteiger partial charge in [-0.2, -0.15) is 9.90 Å². The molecule has 1 aliphatic heterocycles. The summed E-state index contributed by atoms with van der Waals surface area (Å²) in [6.07, 6.45) is 3.16. The average molecular weight is 801 g/mol. The first-order valence-electron chi connectivity index (χ1n) is 17.9. The van der Waals surface area contributed by atoms with Crippen LogP contribution in [0, 0.1) is 11.3 Å². The molecular formula is C36H45FN8O8S2. The topological polar surface area (TPSA) is 204 Å². The molecule has 1 aromatic carbocycles. The second kappa shape index (κ2) is 15.7. The number of benzene rings is 1. The molecule has 5 atom stereocenters. The number of nitrogens with zero attached hydrogens (tertiary/aromatic N) is 5. The van der Waals surface area contributed by atoms with Gasteiger partial charge in [-0.15, -0.1) is 23.0 Å². The van der Waals surface area contributed by atoms with Gasteiger partial charge in [0, 0.05) is 42.4 Å². The first kappa shape index (κ1) is 39.8. The molecule has 0 radical (unpaired) electrons. The number of carbonyl (C=O) groups is 4. The number of alkyl halides is 1. The van der Waals surface area contributed by atoms with Gasteiger partial charge in [0.1, 0.15) is 39.8 Å². The van der Waals surface area contributed by atoms with Crippen molar-refractivity contribution in [2.45, 2.75) is 81.8 Å². The van der Waals surface area contributed by atoms with E-state index in [2.05, 4.69) is 26.9 Å². The van der Waals surface area contributed by atoms with E-state index in [4.69, 9.17) is 19.7 Å². The minimum Gasteiger partial charge on any atom is -0.497 e. The summed E-state index contributed by atoms with van der Waals surface area (Å²) in [4.78, 5) is 62.5. The number of sulfonamides is 1. The van der Waals surface area contributed by atoms with Crippen LogP contribution in [0.4, 0.5) is 9.18 Å². The van der Waals surface area contributed by atoms with Crippen molar-refractivity contribution < 1.29 is 41.5 Å². The van der Waals surface area contributed by atoms with Gasteiger partial charge in [0.15, 0.2) is 0 Å². The van der Waals surface area contributed by atoms with Crippen LogP contribution in [0.3, 0.4) is 0 Å². The molecular weight excluding hydrogens is 756 g/mol. The van der Waals surface area contributed by atoms with Crippen molar-refractivity contribution in [3.8, 4) is 27.7 Å². The maximum atomic E-state index is 14.6. The Bertz CT molecular complexity index is 2030. The van der Waals surface area contributed by atoms with Crippen molar-refractivity contribution in [2.24, 2.45) is 11.3 Å². The molecule has 6 rings (SSSR count). The van der Waals surface area contributed by atoms with Crippen molar-refractivity contribution in [1.29, 1.82) is 0 Å². The number of alkyl carbamates (subject to hydrolysis) is 1. The van der Waals surface area contributed by atoms with Crippen molar-refractivity contribution >= 4 is 45.2 Å². The fourth-order valence-electron chi connectivity index (χ4n) is 6.60. The van der Waals surface area contributed by atoms with Gasteiger partial charge in [0.2, 0.25) is 21.8 Å². The molecule has 0 bridgehead atoms. The summed E-state index contributed by atoms with van der Waals surface area (Å²) in [6, 6.07) is 4.16. The smallest absolute Gasteiger partial charge is 0.407 e. The maximum absolute atomic E-state index is 14.6. The molecule has 19 heteroatoms. The molecule has 3 fully saturated rings. The molecule has 3 aliphatic rings. The van der Waals surface area contributed by atoms with E-state index in [1.165, 1.54) is 27.1 Å². The number of hydrogen-bond acceptors (Lipinski definition) is 12. The number of methoxy groups -OCH3 is 1. The van der Waals surface area contributed by atoms with Crippen LogP contribution in [-0.2, 0) is 29.1 Å². The van der Waals surface area contributed by atoms with E-state index in [-0.39, 0.29) is 32.4 Å².